The summed E-state index contributed by atoms with van der Waals surface area (Å²) in [6, 6.07) is 8.30. The number of aryl methyl sites for hydroxylation is 1. The van der Waals surface area contributed by atoms with Crippen molar-refractivity contribution in [3.05, 3.63) is 45.7 Å². The number of nitrogens with zero attached hydrogens (tertiary/aromatic N) is 3. The van der Waals surface area contributed by atoms with E-state index in [0.29, 0.717) is 5.56 Å². The van der Waals surface area contributed by atoms with Crippen molar-refractivity contribution >= 4 is 15.9 Å². The normalized spacial score (nSPS) is 10.7. The van der Waals surface area contributed by atoms with Gasteiger partial charge in [0.15, 0.2) is 0 Å². The minimum Gasteiger partial charge on any atom is -0.235 e. The molecule has 0 radical (unpaired) electrons. The molecule has 1 aromatic carbocycles. The Balaban J connectivity index is 2.65. The van der Waals surface area contributed by atoms with Gasteiger partial charge in [-0.15, -0.1) is 0 Å². The molecule has 0 aliphatic rings. The van der Waals surface area contributed by atoms with Gasteiger partial charge in [0.25, 0.3) is 0 Å². The number of rotatable bonds is 2. The molecule has 0 amide bonds. The van der Waals surface area contributed by atoms with Gasteiger partial charge in [0.1, 0.15) is 6.07 Å². The Morgan fingerprint density at radius 2 is 2.11 bits per heavy atom. The zero-order chi connectivity index (χ0) is 13.3. The summed E-state index contributed by atoms with van der Waals surface area (Å²) in [6.45, 7) is 6.18. The summed E-state index contributed by atoms with van der Waals surface area (Å²) in [5, 5.41) is 13.5. The Bertz CT molecular complexity index is 620. The quantitative estimate of drug-likeness (QED) is 0.843. The Morgan fingerprint density at radius 3 is 2.67 bits per heavy atom. The average Bonchev–Trinajstić information content (AvgIpc) is 2.72. The maximum Gasteiger partial charge on any atom is 0.103 e. The number of aromatic nitrogens is 2. The molecule has 0 spiro atoms. The number of halogens is 1. The molecule has 18 heavy (non-hydrogen) atoms. The van der Waals surface area contributed by atoms with Crippen LogP contribution in [0.15, 0.2) is 28.9 Å². The topological polar surface area (TPSA) is 41.6 Å². The van der Waals surface area contributed by atoms with Gasteiger partial charge in [-0.25, -0.2) is 4.68 Å². The van der Waals surface area contributed by atoms with Crippen LogP contribution in [0, 0.1) is 18.3 Å². The molecule has 0 bridgehead atoms. The molecular weight excluding hydrogens is 290 g/mol. The van der Waals surface area contributed by atoms with E-state index in [1.807, 2.05) is 29.8 Å². The first-order valence-electron chi connectivity index (χ1n) is 5.79. The molecule has 0 aliphatic heterocycles. The summed E-state index contributed by atoms with van der Waals surface area (Å²) in [7, 11) is 0. The molecule has 1 heterocycles. The molecule has 2 rings (SSSR count). The SMILES string of the molecule is Cc1ccc(-n2ncc(C#N)c2C(C)C)c(Br)c1. The third-order valence-corrected chi connectivity index (χ3v) is 3.44. The van der Waals surface area contributed by atoms with E-state index < -0.39 is 0 Å². The molecule has 1 aromatic heterocycles. The van der Waals surface area contributed by atoms with Crippen LogP contribution in [0.2, 0.25) is 0 Å². The fourth-order valence-corrected chi connectivity index (χ4v) is 2.64. The van der Waals surface area contributed by atoms with E-state index in [0.717, 1.165) is 15.9 Å². The molecule has 92 valence electrons. The first-order valence-corrected chi connectivity index (χ1v) is 6.58. The second-order valence-corrected chi connectivity index (χ2v) is 5.43. The number of hydrogen-bond acceptors (Lipinski definition) is 2. The summed E-state index contributed by atoms with van der Waals surface area (Å²) >= 11 is 3.55. The zero-order valence-electron chi connectivity index (χ0n) is 10.6. The van der Waals surface area contributed by atoms with Gasteiger partial charge in [-0.2, -0.15) is 10.4 Å². The van der Waals surface area contributed by atoms with Crippen LogP contribution in [0.1, 0.15) is 36.6 Å². The van der Waals surface area contributed by atoms with E-state index >= 15 is 0 Å². The van der Waals surface area contributed by atoms with Gasteiger partial charge in [0.2, 0.25) is 0 Å². The van der Waals surface area contributed by atoms with E-state index in [1.54, 1.807) is 6.20 Å². The van der Waals surface area contributed by atoms with Crippen molar-refractivity contribution in [3.63, 3.8) is 0 Å². The fraction of sp³-hybridized carbons (Fsp3) is 0.286. The maximum absolute atomic E-state index is 9.13. The second-order valence-electron chi connectivity index (χ2n) is 4.58. The van der Waals surface area contributed by atoms with Crippen molar-refractivity contribution in [2.24, 2.45) is 0 Å². The third kappa shape index (κ3) is 2.19. The molecule has 0 aliphatic carbocycles. The monoisotopic (exact) mass is 303 g/mol. The highest BCUT2D eigenvalue weighted by Gasteiger charge is 2.16. The largest absolute Gasteiger partial charge is 0.235 e. The minimum atomic E-state index is 0.246. The number of hydrogen-bond donors (Lipinski definition) is 0. The van der Waals surface area contributed by atoms with Crippen LogP contribution in [-0.2, 0) is 0 Å². The number of benzene rings is 1. The molecule has 0 saturated heterocycles. The first-order chi connectivity index (χ1) is 8.54. The lowest BCUT2D eigenvalue weighted by Crippen LogP contribution is -2.05. The summed E-state index contributed by atoms with van der Waals surface area (Å²) in [5.41, 5.74) is 3.73. The zero-order valence-corrected chi connectivity index (χ0v) is 12.2. The van der Waals surface area contributed by atoms with Gasteiger partial charge in [-0.1, -0.05) is 19.9 Å². The van der Waals surface area contributed by atoms with Crippen molar-refractivity contribution in [1.82, 2.24) is 9.78 Å². The van der Waals surface area contributed by atoms with Gasteiger partial charge in [0, 0.05) is 4.47 Å². The van der Waals surface area contributed by atoms with Crippen molar-refractivity contribution in [2.45, 2.75) is 26.7 Å². The van der Waals surface area contributed by atoms with Crippen molar-refractivity contribution in [2.75, 3.05) is 0 Å². The minimum absolute atomic E-state index is 0.246. The highest BCUT2D eigenvalue weighted by atomic mass is 79.9. The van der Waals surface area contributed by atoms with E-state index in [1.165, 1.54) is 5.56 Å². The molecular formula is C14H14BrN3. The lowest BCUT2D eigenvalue weighted by Gasteiger charge is -2.12. The molecule has 0 atom stereocenters. The van der Waals surface area contributed by atoms with Crippen LogP contribution in [0.5, 0.6) is 0 Å². The Labute approximate surface area is 115 Å². The van der Waals surface area contributed by atoms with E-state index in [2.05, 4.69) is 40.9 Å². The predicted molar refractivity (Wildman–Crippen MR) is 74.8 cm³/mol. The summed E-state index contributed by atoms with van der Waals surface area (Å²) in [6.07, 6.45) is 1.63. The fourth-order valence-electron chi connectivity index (χ4n) is 1.98. The van der Waals surface area contributed by atoms with Crippen molar-refractivity contribution < 1.29 is 0 Å². The van der Waals surface area contributed by atoms with Crippen molar-refractivity contribution in [3.8, 4) is 11.8 Å². The Hall–Kier alpha value is -1.60. The van der Waals surface area contributed by atoms with E-state index in [4.69, 9.17) is 5.26 Å². The van der Waals surface area contributed by atoms with Gasteiger partial charge in [-0.3, -0.25) is 0 Å². The molecule has 3 nitrogen and oxygen atoms in total. The highest BCUT2D eigenvalue weighted by Crippen LogP contribution is 2.27. The lowest BCUT2D eigenvalue weighted by molar-refractivity contribution is 0.731. The lowest BCUT2D eigenvalue weighted by atomic mass is 10.1. The van der Waals surface area contributed by atoms with Crippen LogP contribution in [-0.4, -0.2) is 9.78 Å². The molecule has 0 saturated carbocycles. The molecule has 0 fully saturated rings. The van der Waals surface area contributed by atoms with Gasteiger partial charge in [-0.05, 0) is 46.5 Å². The van der Waals surface area contributed by atoms with Crippen LogP contribution < -0.4 is 0 Å². The smallest absolute Gasteiger partial charge is 0.103 e. The van der Waals surface area contributed by atoms with Crippen LogP contribution in [0.3, 0.4) is 0 Å². The standard InChI is InChI=1S/C14H14BrN3/c1-9(2)14-11(7-16)8-17-18(14)13-5-4-10(3)6-12(13)15/h4-6,8-9H,1-3H3. The maximum atomic E-state index is 9.13. The molecule has 2 aromatic rings. The third-order valence-electron chi connectivity index (χ3n) is 2.81. The first kappa shape index (κ1) is 12.8. The summed E-state index contributed by atoms with van der Waals surface area (Å²) < 4.78 is 2.82. The Morgan fingerprint density at radius 1 is 1.39 bits per heavy atom. The summed E-state index contributed by atoms with van der Waals surface area (Å²) in [5.74, 6) is 0.246. The van der Waals surface area contributed by atoms with Crippen molar-refractivity contribution in [1.29, 1.82) is 5.26 Å². The van der Waals surface area contributed by atoms with Gasteiger partial charge in [0.05, 0.1) is 23.1 Å². The van der Waals surface area contributed by atoms with Gasteiger partial charge < -0.3 is 0 Å². The number of nitriles is 1. The molecule has 0 unspecified atom stereocenters. The van der Waals surface area contributed by atoms with Gasteiger partial charge >= 0.3 is 0 Å². The molecule has 0 N–H and O–H groups in total. The van der Waals surface area contributed by atoms with E-state index in [-0.39, 0.29) is 5.92 Å². The predicted octanol–water partition coefficient (Wildman–Crippen LogP) is 3.94. The highest BCUT2D eigenvalue weighted by molar-refractivity contribution is 9.10. The molecule has 4 heteroatoms. The van der Waals surface area contributed by atoms with Crippen LogP contribution in [0.4, 0.5) is 0 Å². The van der Waals surface area contributed by atoms with E-state index in [9.17, 15) is 0 Å². The average molecular weight is 304 g/mol. The summed E-state index contributed by atoms with van der Waals surface area (Å²) in [4.78, 5) is 0. The van der Waals surface area contributed by atoms with Crippen LogP contribution >= 0.6 is 15.9 Å². The second kappa shape index (κ2) is 4.95. The Kier molecular flexibility index (Phi) is 3.53. The van der Waals surface area contributed by atoms with Crippen LogP contribution in [0.25, 0.3) is 5.69 Å².